The molecule has 10 heavy (non-hydrogen) atoms. The fourth-order valence-electron chi connectivity index (χ4n) is 0.369. The van der Waals surface area contributed by atoms with Crippen LogP contribution in [0, 0.1) is 5.92 Å². The minimum absolute atomic E-state index is 0. The molecule has 0 amide bonds. The van der Waals surface area contributed by atoms with E-state index in [9.17, 15) is 4.79 Å². The van der Waals surface area contributed by atoms with E-state index in [0.29, 0.717) is 0 Å². The van der Waals surface area contributed by atoms with Gasteiger partial charge in [0.1, 0.15) is 0 Å². The van der Waals surface area contributed by atoms with Gasteiger partial charge in [-0.2, -0.15) is 0 Å². The maximum atomic E-state index is 10.1. The molecule has 0 aliphatic heterocycles. The number of halogens is 1. The molecule has 4 N–H and O–H groups in total. The summed E-state index contributed by atoms with van der Waals surface area (Å²) in [5.74, 6) is -1.79. The van der Waals surface area contributed by atoms with Crippen LogP contribution >= 0.6 is 12.4 Å². The topological polar surface area (TPSA) is 83.5 Å². The Bertz CT molecular complexity index is 109. The Kier molecular flexibility index (Phi) is 6.76. The molecule has 0 heterocycles. The molecule has 0 spiro atoms. The van der Waals surface area contributed by atoms with Gasteiger partial charge in [0.2, 0.25) is 0 Å². The van der Waals surface area contributed by atoms with E-state index in [0.717, 1.165) is 0 Å². The van der Waals surface area contributed by atoms with Gasteiger partial charge in [0.25, 0.3) is 0 Å². The first-order valence-corrected chi connectivity index (χ1v) is 2.70. The Labute approximate surface area is 65.4 Å². The van der Waals surface area contributed by atoms with Crippen LogP contribution in [0.15, 0.2) is 0 Å². The smallest absolute Gasteiger partial charge is 0.308 e. The minimum atomic E-state index is -1.02. The van der Waals surface area contributed by atoms with E-state index in [4.69, 9.17) is 15.9 Å². The van der Waals surface area contributed by atoms with Gasteiger partial charge in [-0.05, 0) is 6.92 Å². The molecule has 2 unspecified atom stereocenters. The lowest BCUT2D eigenvalue weighted by atomic mass is 10.1. The molecule has 0 aliphatic rings. The first-order chi connectivity index (χ1) is 4.09. The van der Waals surface area contributed by atoms with Crippen LogP contribution in [0.5, 0.6) is 0 Å². The van der Waals surface area contributed by atoms with Crippen LogP contribution in [0.1, 0.15) is 6.92 Å². The van der Waals surface area contributed by atoms with Gasteiger partial charge in [0.05, 0.1) is 12.0 Å². The Morgan fingerprint density at radius 2 is 2.10 bits per heavy atom. The monoisotopic (exact) mass is 169 g/mol. The van der Waals surface area contributed by atoms with Crippen molar-refractivity contribution in [3.63, 3.8) is 0 Å². The SMILES string of the molecule is CC(C(=O)O)C(O)CN.Cl. The van der Waals surface area contributed by atoms with Crippen molar-refractivity contribution in [2.45, 2.75) is 13.0 Å². The highest BCUT2D eigenvalue weighted by Gasteiger charge is 2.18. The average molecular weight is 170 g/mol. The molecule has 0 radical (unpaired) electrons. The van der Waals surface area contributed by atoms with Gasteiger partial charge in [-0.25, -0.2) is 0 Å². The van der Waals surface area contributed by atoms with Crippen LogP contribution in [0.25, 0.3) is 0 Å². The fraction of sp³-hybridized carbons (Fsp3) is 0.800. The van der Waals surface area contributed by atoms with E-state index in [2.05, 4.69) is 0 Å². The molecule has 0 fully saturated rings. The van der Waals surface area contributed by atoms with Gasteiger partial charge in [-0.3, -0.25) is 4.79 Å². The average Bonchev–Trinajstić information content (AvgIpc) is 1.84. The Morgan fingerprint density at radius 3 is 2.20 bits per heavy atom. The Hall–Kier alpha value is -0.320. The van der Waals surface area contributed by atoms with Crippen LogP contribution in [0.3, 0.4) is 0 Å². The molecule has 62 valence electrons. The van der Waals surface area contributed by atoms with Crippen LogP contribution < -0.4 is 5.73 Å². The molecule has 0 saturated heterocycles. The molecule has 0 saturated carbocycles. The lowest BCUT2D eigenvalue weighted by Crippen LogP contribution is -2.31. The number of nitrogens with two attached hydrogens (primary N) is 1. The van der Waals surface area contributed by atoms with Gasteiger partial charge in [-0.15, -0.1) is 12.4 Å². The van der Waals surface area contributed by atoms with Crippen LogP contribution in [-0.2, 0) is 4.79 Å². The number of aliphatic hydroxyl groups excluding tert-OH is 1. The predicted octanol–water partition coefficient (Wildman–Crippen LogP) is -0.552. The summed E-state index contributed by atoms with van der Waals surface area (Å²) in [7, 11) is 0. The van der Waals surface area contributed by atoms with Gasteiger partial charge in [0, 0.05) is 6.54 Å². The summed E-state index contributed by atoms with van der Waals surface area (Å²) in [6.07, 6.45) is -0.928. The molecule has 2 atom stereocenters. The maximum Gasteiger partial charge on any atom is 0.308 e. The van der Waals surface area contributed by atoms with Crippen molar-refractivity contribution in [3.8, 4) is 0 Å². The molecule has 0 aromatic rings. The Morgan fingerprint density at radius 1 is 1.70 bits per heavy atom. The molecule has 0 rings (SSSR count). The van der Waals surface area contributed by atoms with Crippen molar-refractivity contribution in [2.24, 2.45) is 11.7 Å². The standard InChI is InChI=1S/C5H11NO3.ClH/c1-3(5(8)9)4(7)2-6;/h3-4,7H,2,6H2,1H3,(H,8,9);1H. The van der Waals surface area contributed by atoms with Gasteiger partial charge < -0.3 is 15.9 Å². The summed E-state index contributed by atoms with van der Waals surface area (Å²) < 4.78 is 0. The second-order valence-electron chi connectivity index (χ2n) is 1.93. The number of aliphatic hydroxyl groups is 1. The number of hydrogen-bond acceptors (Lipinski definition) is 3. The van der Waals surface area contributed by atoms with Crippen molar-refractivity contribution in [3.05, 3.63) is 0 Å². The van der Waals surface area contributed by atoms with Crippen molar-refractivity contribution in [1.82, 2.24) is 0 Å². The maximum absolute atomic E-state index is 10.1. The molecule has 0 aliphatic carbocycles. The quantitative estimate of drug-likeness (QED) is 0.529. The van der Waals surface area contributed by atoms with Crippen LogP contribution in [-0.4, -0.2) is 28.8 Å². The summed E-state index contributed by atoms with van der Waals surface area (Å²) in [6, 6.07) is 0. The number of carboxylic acid groups (broad SMARTS) is 1. The number of rotatable bonds is 3. The zero-order valence-electron chi connectivity index (χ0n) is 5.65. The summed E-state index contributed by atoms with van der Waals surface area (Å²) in [4.78, 5) is 10.1. The number of carbonyl (C=O) groups is 1. The Balaban J connectivity index is 0. The lowest BCUT2D eigenvalue weighted by molar-refractivity contribution is -0.144. The molecular formula is C5H12ClNO3. The van der Waals surface area contributed by atoms with E-state index in [1.165, 1.54) is 6.92 Å². The van der Waals surface area contributed by atoms with E-state index < -0.39 is 18.0 Å². The highest BCUT2D eigenvalue weighted by Crippen LogP contribution is 1.99. The first kappa shape index (κ1) is 12.4. The van der Waals surface area contributed by atoms with Crippen molar-refractivity contribution in [2.75, 3.05) is 6.54 Å². The number of hydrogen-bond donors (Lipinski definition) is 3. The summed E-state index contributed by atoms with van der Waals surface area (Å²) >= 11 is 0. The normalized spacial score (nSPS) is 15.1. The van der Waals surface area contributed by atoms with Crippen molar-refractivity contribution < 1.29 is 15.0 Å². The summed E-state index contributed by atoms with van der Waals surface area (Å²) in [6.45, 7) is 1.41. The van der Waals surface area contributed by atoms with Crippen LogP contribution in [0.4, 0.5) is 0 Å². The molecular weight excluding hydrogens is 158 g/mol. The third kappa shape index (κ3) is 3.66. The largest absolute Gasteiger partial charge is 0.481 e. The highest BCUT2D eigenvalue weighted by molar-refractivity contribution is 5.85. The first-order valence-electron chi connectivity index (χ1n) is 2.70. The second-order valence-corrected chi connectivity index (χ2v) is 1.93. The molecule has 0 aromatic carbocycles. The second kappa shape index (κ2) is 5.46. The lowest BCUT2D eigenvalue weighted by Gasteiger charge is -2.10. The van der Waals surface area contributed by atoms with E-state index >= 15 is 0 Å². The highest BCUT2D eigenvalue weighted by atomic mass is 35.5. The van der Waals surface area contributed by atoms with Gasteiger partial charge in [0.15, 0.2) is 0 Å². The third-order valence-electron chi connectivity index (χ3n) is 1.21. The van der Waals surface area contributed by atoms with Gasteiger partial charge >= 0.3 is 5.97 Å². The van der Waals surface area contributed by atoms with Crippen LogP contribution in [0.2, 0.25) is 0 Å². The zero-order valence-corrected chi connectivity index (χ0v) is 6.47. The molecule has 0 aromatic heterocycles. The summed E-state index contributed by atoms with van der Waals surface area (Å²) in [5, 5.41) is 17.1. The third-order valence-corrected chi connectivity index (χ3v) is 1.21. The predicted molar refractivity (Wildman–Crippen MR) is 39.1 cm³/mol. The van der Waals surface area contributed by atoms with Crippen molar-refractivity contribution >= 4 is 18.4 Å². The zero-order chi connectivity index (χ0) is 7.44. The van der Waals surface area contributed by atoms with E-state index in [-0.39, 0.29) is 19.0 Å². The summed E-state index contributed by atoms with van der Waals surface area (Å²) in [5.41, 5.74) is 5.00. The molecule has 4 nitrogen and oxygen atoms in total. The number of carboxylic acids is 1. The number of aliphatic carboxylic acids is 1. The van der Waals surface area contributed by atoms with E-state index in [1.807, 2.05) is 0 Å². The van der Waals surface area contributed by atoms with Crippen molar-refractivity contribution in [1.29, 1.82) is 0 Å². The molecule has 5 heteroatoms. The fourth-order valence-corrected chi connectivity index (χ4v) is 0.369. The molecule has 0 bridgehead atoms. The minimum Gasteiger partial charge on any atom is -0.481 e. The van der Waals surface area contributed by atoms with Gasteiger partial charge in [-0.1, -0.05) is 0 Å². The van der Waals surface area contributed by atoms with E-state index in [1.54, 1.807) is 0 Å².